The summed E-state index contributed by atoms with van der Waals surface area (Å²) < 4.78 is 0. The van der Waals surface area contributed by atoms with Gasteiger partial charge < -0.3 is 10.2 Å². The summed E-state index contributed by atoms with van der Waals surface area (Å²) in [5.41, 5.74) is 0. The normalized spacial score (nSPS) is 19.3. The lowest BCUT2D eigenvalue weighted by atomic mass is 10.1. The van der Waals surface area contributed by atoms with Crippen molar-refractivity contribution in [2.75, 3.05) is 26.2 Å². The van der Waals surface area contributed by atoms with Crippen molar-refractivity contribution in [3.05, 3.63) is 0 Å². The Morgan fingerprint density at radius 3 is 2.53 bits per heavy atom. The molecule has 1 aliphatic heterocycles. The van der Waals surface area contributed by atoms with Gasteiger partial charge in [0.15, 0.2) is 0 Å². The van der Waals surface area contributed by atoms with Crippen LogP contribution in [0.15, 0.2) is 0 Å². The third-order valence-electron chi connectivity index (χ3n) is 3.12. The van der Waals surface area contributed by atoms with Crippen molar-refractivity contribution in [1.82, 2.24) is 10.2 Å². The van der Waals surface area contributed by atoms with Crippen LogP contribution in [0.4, 0.5) is 0 Å². The highest BCUT2D eigenvalue weighted by molar-refractivity contribution is 5.83. The van der Waals surface area contributed by atoms with Crippen LogP contribution in [-0.2, 0) is 4.79 Å². The van der Waals surface area contributed by atoms with Gasteiger partial charge in [-0.25, -0.2) is 0 Å². The number of carbonyl (C=O) groups excluding carboxylic acids is 1. The first-order valence-electron chi connectivity index (χ1n) is 6.26. The van der Waals surface area contributed by atoms with E-state index in [-0.39, 0.29) is 6.04 Å². The number of carbonyl (C=O) groups is 1. The van der Waals surface area contributed by atoms with Gasteiger partial charge >= 0.3 is 0 Å². The lowest BCUT2D eigenvalue weighted by molar-refractivity contribution is -0.121. The zero-order valence-electron chi connectivity index (χ0n) is 10.1. The number of Topliss-reactive ketones (excluding diaryl/α,β-unsaturated/α-hetero) is 1. The van der Waals surface area contributed by atoms with Crippen LogP contribution in [0.1, 0.15) is 39.5 Å². The molecule has 0 amide bonds. The predicted octanol–water partition coefficient (Wildman–Crippen LogP) is 1.43. The molecule has 0 aromatic heterocycles. The smallest absolute Gasteiger partial charge is 0.149 e. The molecular weight excluding hydrogens is 188 g/mol. The maximum atomic E-state index is 11.6. The number of hydrogen-bond acceptors (Lipinski definition) is 3. The van der Waals surface area contributed by atoms with E-state index in [4.69, 9.17) is 0 Å². The largest absolute Gasteiger partial charge is 0.308 e. The van der Waals surface area contributed by atoms with Crippen molar-refractivity contribution in [1.29, 1.82) is 0 Å². The molecule has 0 spiro atoms. The number of hydrogen-bond donors (Lipinski definition) is 1. The fourth-order valence-electron chi connectivity index (χ4n) is 2.19. The van der Waals surface area contributed by atoms with Gasteiger partial charge in [0, 0.05) is 13.0 Å². The number of likely N-dealkylation sites (tertiary alicyclic amines) is 1. The molecule has 0 radical (unpaired) electrons. The summed E-state index contributed by atoms with van der Waals surface area (Å²) in [6.45, 7) is 8.41. The molecule has 1 heterocycles. The molecular formula is C12H24N2O. The average Bonchev–Trinajstić information content (AvgIpc) is 2.76. The monoisotopic (exact) mass is 212 g/mol. The number of nitrogens with one attached hydrogen (secondary N) is 1. The maximum Gasteiger partial charge on any atom is 0.149 e. The van der Waals surface area contributed by atoms with Crippen molar-refractivity contribution in [2.45, 2.75) is 45.6 Å². The van der Waals surface area contributed by atoms with Gasteiger partial charge in [-0.05, 0) is 38.9 Å². The SMILES string of the molecule is CCNC(CCN1CCCC1)C(=O)CC. The fourth-order valence-corrected chi connectivity index (χ4v) is 2.19. The van der Waals surface area contributed by atoms with Crippen molar-refractivity contribution < 1.29 is 4.79 Å². The van der Waals surface area contributed by atoms with E-state index in [2.05, 4.69) is 17.1 Å². The van der Waals surface area contributed by atoms with Crippen LogP contribution in [-0.4, -0.2) is 42.9 Å². The predicted molar refractivity (Wildman–Crippen MR) is 63.1 cm³/mol. The van der Waals surface area contributed by atoms with Crippen LogP contribution in [0.2, 0.25) is 0 Å². The highest BCUT2D eigenvalue weighted by atomic mass is 16.1. The van der Waals surface area contributed by atoms with Crippen LogP contribution in [0.3, 0.4) is 0 Å². The molecule has 3 heteroatoms. The van der Waals surface area contributed by atoms with E-state index in [0.717, 1.165) is 19.5 Å². The van der Waals surface area contributed by atoms with E-state index in [1.54, 1.807) is 0 Å². The van der Waals surface area contributed by atoms with E-state index < -0.39 is 0 Å². The third kappa shape index (κ3) is 4.31. The molecule has 0 aromatic rings. The Kier molecular flexibility index (Phi) is 5.88. The molecule has 0 aromatic carbocycles. The number of likely N-dealkylation sites (N-methyl/N-ethyl adjacent to an activating group) is 1. The molecule has 3 nitrogen and oxygen atoms in total. The summed E-state index contributed by atoms with van der Waals surface area (Å²) in [5, 5.41) is 3.28. The van der Waals surface area contributed by atoms with Gasteiger partial charge in [0.25, 0.3) is 0 Å². The molecule has 1 saturated heterocycles. The topological polar surface area (TPSA) is 32.3 Å². The first-order chi connectivity index (χ1) is 7.27. The minimum absolute atomic E-state index is 0.0839. The Bertz CT molecular complexity index is 188. The van der Waals surface area contributed by atoms with Gasteiger partial charge in [-0.1, -0.05) is 13.8 Å². The Balaban J connectivity index is 2.26. The number of ketones is 1. The Morgan fingerprint density at radius 1 is 1.33 bits per heavy atom. The zero-order valence-corrected chi connectivity index (χ0v) is 10.1. The molecule has 0 saturated carbocycles. The summed E-state index contributed by atoms with van der Waals surface area (Å²) in [7, 11) is 0. The third-order valence-corrected chi connectivity index (χ3v) is 3.12. The Hall–Kier alpha value is -0.410. The molecule has 0 bridgehead atoms. The Labute approximate surface area is 93.2 Å². The summed E-state index contributed by atoms with van der Waals surface area (Å²) in [5.74, 6) is 0.357. The van der Waals surface area contributed by atoms with Crippen LogP contribution in [0, 0.1) is 0 Å². The summed E-state index contributed by atoms with van der Waals surface area (Å²) in [6, 6.07) is 0.0839. The van der Waals surface area contributed by atoms with Gasteiger partial charge in [-0.15, -0.1) is 0 Å². The second kappa shape index (κ2) is 6.96. The molecule has 15 heavy (non-hydrogen) atoms. The molecule has 1 atom stereocenters. The van der Waals surface area contributed by atoms with Crippen molar-refractivity contribution in [3.63, 3.8) is 0 Å². The van der Waals surface area contributed by atoms with E-state index >= 15 is 0 Å². The first kappa shape index (κ1) is 12.7. The first-order valence-corrected chi connectivity index (χ1v) is 6.26. The molecule has 1 rings (SSSR count). The minimum atomic E-state index is 0.0839. The van der Waals surface area contributed by atoms with Gasteiger partial charge in [-0.3, -0.25) is 4.79 Å². The quantitative estimate of drug-likeness (QED) is 0.693. The standard InChI is InChI=1S/C12H24N2O/c1-3-12(15)11(13-4-2)7-10-14-8-5-6-9-14/h11,13H,3-10H2,1-2H3. The molecule has 1 N–H and O–H groups in total. The summed E-state index contributed by atoms with van der Waals surface area (Å²) in [6.07, 6.45) is 4.28. The van der Waals surface area contributed by atoms with Gasteiger partial charge in [0.2, 0.25) is 0 Å². The Morgan fingerprint density at radius 2 is 2.00 bits per heavy atom. The average molecular weight is 212 g/mol. The van der Waals surface area contributed by atoms with Gasteiger partial charge in [-0.2, -0.15) is 0 Å². The van der Waals surface area contributed by atoms with Crippen LogP contribution < -0.4 is 5.32 Å². The second-order valence-electron chi connectivity index (χ2n) is 4.27. The summed E-state index contributed by atoms with van der Waals surface area (Å²) >= 11 is 0. The van der Waals surface area contributed by atoms with Crippen molar-refractivity contribution >= 4 is 5.78 Å². The molecule has 0 aliphatic carbocycles. The number of nitrogens with zero attached hydrogens (tertiary/aromatic N) is 1. The fraction of sp³-hybridized carbons (Fsp3) is 0.917. The minimum Gasteiger partial charge on any atom is -0.308 e. The van der Waals surface area contributed by atoms with Gasteiger partial charge in [0.1, 0.15) is 5.78 Å². The van der Waals surface area contributed by atoms with Crippen molar-refractivity contribution in [3.8, 4) is 0 Å². The molecule has 1 unspecified atom stereocenters. The highest BCUT2D eigenvalue weighted by Gasteiger charge is 2.18. The van der Waals surface area contributed by atoms with E-state index in [1.807, 2.05) is 6.92 Å². The zero-order chi connectivity index (χ0) is 11.1. The highest BCUT2D eigenvalue weighted by Crippen LogP contribution is 2.09. The lowest BCUT2D eigenvalue weighted by Crippen LogP contribution is -2.39. The maximum absolute atomic E-state index is 11.6. The molecule has 1 aliphatic rings. The van der Waals surface area contributed by atoms with Crippen molar-refractivity contribution in [2.24, 2.45) is 0 Å². The lowest BCUT2D eigenvalue weighted by Gasteiger charge is -2.20. The van der Waals surface area contributed by atoms with E-state index in [0.29, 0.717) is 12.2 Å². The van der Waals surface area contributed by atoms with Crippen LogP contribution in [0.5, 0.6) is 0 Å². The van der Waals surface area contributed by atoms with E-state index in [1.165, 1.54) is 25.9 Å². The second-order valence-corrected chi connectivity index (χ2v) is 4.27. The summed E-state index contributed by atoms with van der Waals surface area (Å²) in [4.78, 5) is 14.1. The van der Waals surface area contributed by atoms with Crippen LogP contribution in [0.25, 0.3) is 0 Å². The number of rotatable bonds is 7. The van der Waals surface area contributed by atoms with E-state index in [9.17, 15) is 4.79 Å². The molecule has 88 valence electrons. The van der Waals surface area contributed by atoms with Gasteiger partial charge in [0.05, 0.1) is 6.04 Å². The van der Waals surface area contributed by atoms with Crippen LogP contribution >= 0.6 is 0 Å². The molecule has 1 fully saturated rings.